The van der Waals surface area contributed by atoms with E-state index in [1.165, 1.54) is 6.42 Å². The number of hydrogen-bond donors (Lipinski definition) is 1. The summed E-state index contributed by atoms with van der Waals surface area (Å²) in [6.07, 6.45) is 1.34. The Balaban J connectivity index is 2.00. The van der Waals surface area contributed by atoms with E-state index in [2.05, 4.69) is 40.2 Å². The third-order valence-corrected chi connectivity index (χ3v) is 3.95. The summed E-state index contributed by atoms with van der Waals surface area (Å²) < 4.78 is 0. The highest BCUT2D eigenvalue weighted by atomic mass is 15.2. The Morgan fingerprint density at radius 3 is 2.74 bits per heavy atom. The summed E-state index contributed by atoms with van der Waals surface area (Å²) in [6.45, 7) is 3.39. The molecule has 0 aliphatic heterocycles. The Bertz CT molecular complexity index is 596. The highest BCUT2D eigenvalue weighted by Crippen LogP contribution is 2.39. The number of aromatic nitrogens is 2. The minimum absolute atomic E-state index is 0.685. The summed E-state index contributed by atoms with van der Waals surface area (Å²) in [4.78, 5) is 11.4. The van der Waals surface area contributed by atoms with E-state index in [9.17, 15) is 0 Å². The van der Waals surface area contributed by atoms with Crippen LogP contribution in [0.25, 0.3) is 10.9 Å². The van der Waals surface area contributed by atoms with E-state index in [1.807, 2.05) is 25.2 Å². The fourth-order valence-electron chi connectivity index (χ4n) is 2.55. The van der Waals surface area contributed by atoms with Gasteiger partial charge in [-0.3, -0.25) is 0 Å². The minimum atomic E-state index is 0.685. The molecule has 1 aliphatic carbocycles. The molecule has 4 nitrogen and oxygen atoms in total. The lowest BCUT2D eigenvalue weighted by molar-refractivity contribution is 0.721. The Kier molecular flexibility index (Phi) is 3.01. The molecule has 2 atom stereocenters. The summed E-state index contributed by atoms with van der Waals surface area (Å²) >= 11 is 0. The lowest BCUT2D eigenvalue weighted by Gasteiger charge is -2.20. The van der Waals surface area contributed by atoms with Gasteiger partial charge in [0, 0.05) is 26.0 Å². The van der Waals surface area contributed by atoms with E-state index < -0.39 is 0 Å². The molecule has 1 aromatic carbocycles. The standard InChI is InChI=1S/C15H20N4/c1-10-8-11(10)9-19(3)14-12-6-4-5-7-13(12)17-15(16-2)18-14/h4-7,10-11H,8-9H2,1-3H3,(H,16,17,18). The molecule has 1 N–H and O–H groups in total. The molecule has 0 bridgehead atoms. The van der Waals surface area contributed by atoms with Crippen LogP contribution in [-0.2, 0) is 0 Å². The molecule has 1 fully saturated rings. The quantitative estimate of drug-likeness (QED) is 0.913. The Morgan fingerprint density at radius 1 is 1.32 bits per heavy atom. The van der Waals surface area contributed by atoms with Crippen LogP contribution in [0.4, 0.5) is 11.8 Å². The average Bonchev–Trinajstić information content (AvgIpc) is 3.12. The molecule has 4 heteroatoms. The summed E-state index contributed by atoms with van der Waals surface area (Å²) in [5, 5.41) is 4.17. The largest absolute Gasteiger partial charge is 0.359 e. The second-order valence-corrected chi connectivity index (χ2v) is 5.49. The fourth-order valence-corrected chi connectivity index (χ4v) is 2.55. The summed E-state index contributed by atoms with van der Waals surface area (Å²) in [6, 6.07) is 8.19. The van der Waals surface area contributed by atoms with Crippen molar-refractivity contribution in [3.63, 3.8) is 0 Å². The molecule has 100 valence electrons. The van der Waals surface area contributed by atoms with Gasteiger partial charge in [0.25, 0.3) is 0 Å². The van der Waals surface area contributed by atoms with Crippen LogP contribution in [-0.4, -0.2) is 30.6 Å². The number of benzene rings is 1. The lowest BCUT2D eigenvalue weighted by Crippen LogP contribution is -2.22. The number of anilines is 2. The van der Waals surface area contributed by atoms with Gasteiger partial charge in [-0.15, -0.1) is 0 Å². The zero-order valence-electron chi connectivity index (χ0n) is 11.7. The first-order valence-corrected chi connectivity index (χ1v) is 6.84. The molecule has 0 amide bonds. The van der Waals surface area contributed by atoms with Crippen molar-refractivity contribution in [2.45, 2.75) is 13.3 Å². The maximum absolute atomic E-state index is 4.63. The fraction of sp³-hybridized carbons (Fsp3) is 0.467. The van der Waals surface area contributed by atoms with Gasteiger partial charge in [-0.1, -0.05) is 19.1 Å². The van der Waals surface area contributed by atoms with Gasteiger partial charge in [-0.05, 0) is 30.4 Å². The van der Waals surface area contributed by atoms with Crippen molar-refractivity contribution in [1.29, 1.82) is 0 Å². The van der Waals surface area contributed by atoms with E-state index >= 15 is 0 Å². The molecule has 0 spiro atoms. The van der Waals surface area contributed by atoms with Crippen molar-refractivity contribution >= 4 is 22.7 Å². The zero-order chi connectivity index (χ0) is 13.4. The number of hydrogen-bond acceptors (Lipinski definition) is 4. The van der Waals surface area contributed by atoms with Gasteiger partial charge in [0.15, 0.2) is 0 Å². The third kappa shape index (κ3) is 2.35. The van der Waals surface area contributed by atoms with E-state index in [4.69, 9.17) is 0 Å². The van der Waals surface area contributed by atoms with E-state index in [-0.39, 0.29) is 0 Å². The maximum Gasteiger partial charge on any atom is 0.224 e. The van der Waals surface area contributed by atoms with Crippen molar-refractivity contribution in [1.82, 2.24) is 9.97 Å². The van der Waals surface area contributed by atoms with Crippen LogP contribution in [0.5, 0.6) is 0 Å². The summed E-state index contributed by atoms with van der Waals surface area (Å²) in [7, 11) is 3.98. The third-order valence-electron chi connectivity index (χ3n) is 3.95. The molecule has 1 aliphatic rings. The second-order valence-electron chi connectivity index (χ2n) is 5.49. The predicted octanol–water partition coefficient (Wildman–Crippen LogP) is 2.76. The molecule has 3 rings (SSSR count). The SMILES string of the molecule is CNc1nc(N(C)CC2CC2C)c2ccccc2n1. The topological polar surface area (TPSA) is 41.1 Å². The molecular weight excluding hydrogens is 236 g/mol. The van der Waals surface area contributed by atoms with Crippen LogP contribution in [0.15, 0.2) is 24.3 Å². The maximum atomic E-state index is 4.63. The van der Waals surface area contributed by atoms with Crippen molar-refractivity contribution in [3.05, 3.63) is 24.3 Å². The molecule has 2 unspecified atom stereocenters. The van der Waals surface area contributed by atoms with Gasteiger partial charge in [0.2, 0.25) is 5.95 Å². The van der Waals surface area contributed by atoms with Crippen LogP contribution in [0.1, 0.15) is 13.3 Å². The van der Waals surface area contributed by atoms with E-state index in [0.29, 0.717) is 5.95 Å². The highest BCUT2D eigenvalue weighted by Gasteiger charge is 2.33. The number of nitrogens with zero attached hydrogens (tertiary/aromatic N) is 3. The van der Waals surface area contributed by atoms with Crippen LogP contribution in [0.3, 0.4) is 0 Å². The zero-order valence-corrected chi connectivity index (χ0v) is 11.7. The summed E-state index contributed by atoms with van der Waals surface area (Å²) in [5.41, 5.74) is 0.993. The molecule has 0 radical (unpaired) electrons. The normalized spacial score (nSPS) is 21.4. The Hall–Kier alpha value is -1.84. The van der Waals surface area contributed by atoms with Gasteiger partial charge >= 0.3 is 0 Å². The minimum Gasteiger partial charge on any atom is -0.359 e. The van der Waals surface area contributed by atoms with Crippen molar-refractivity contribution in [2.24, 2.45) is 11.8 Å². The van der Waals surface area contributed by atoms with Crippen LogP contribution in [0.2, 0.25) is 0 Å². The van der Waals surface area contributed by atoms with E-state index in [0.717, 1.165) is 35.1 Å². The second kappa shape index (κ2) is 4.68. The summed E-state index contributed by atoms with van der Waals surface area (Å²) in [5.74, 6) is 3.38. The van der Waals surface area contributed by atoms with Gasteiger partial charge in [0.1, 0.15) is 5.82 Å². The molecule has 19 heavy (non-hydrogen) atoms. The first-order valence-electron chi connectivity index (χ1n) is 6.84. The molecule has 1 aromatic heterocycles. The van der Waals surface area contributed by atoms with Gasteiger partial charge in [0.05, 0.1) is 5.52 Å². The van der Waals surface area contributed by atoms with Crippen molar-refractivity contribution < 1.29 is 0 Å². The van der Waals surface area contributed by atoms with Gasteiger partial charge in [-0.25, -0.2) is 4.98 Å². The Labute approximate surface area is 113 Å². The molecular formula is C15H20N4. The Morgan fingerprint density at radius 2 is 2.05 bits per heavy atom. The van der Waals surface area contributed by atoms with Crippen LogP contribution < -0.4 is 10.2 Å². The monoisotopic (exact) mass is 256 g/mol. The first-order chi connectivity index (χ1) is 9.19. The number of nitrogens with one attached hydrogen (secondary N) is 1. The number of fused-ring (bicyclic) bond motifs is 1. The van der Waals surface area contributed by atoms with Crippen LogP contribution in [0, 0.1) is 11.8 Å². The van der Waals surface area contributed by atoms with Crippen LogP contribution >= 0.6 is 0 Å². The number of rotatable bonds is 4. The van der Waals surface area contributed by atoms with Crippen molar-refractivity contribution in [2.75, 3.05) is 30.9 Å². The molecule has 2 aromatic rings. The molecule has 1 saturated carbocycles. The van der Waals surface area contributed by atoms with E-state index in [1.54, 1.807) is 0 Å². The highest BCUT2D eigenvalue weighted by molar-refractivity contribution is 5.90. The molecule has 1 heterocycles. The van der Waals surface area contributed by atoms with Gasteiger partial charge in [-0.2, -0.15) is 4.98 Å². The molecule has 0 saturated heterocycles. The lowest BCUT2D eigenvalue weighted by atomic mass is 10.2. The average molecular weight is 256 g/mol. The number of para-hydroxylation sites is 1. The smallest absolute Gasteiger partial charge is 0.224 e. The van der Waals surface area contributed by atoms with Crippen molar-refractivity contribution in [3.8, 4) is 0 Å². The van der Waals surface area contributed by atoms with Gasteiger partial charge < -0.3 is 10.2 Å². The predicted molar refractivity (Wildman–Crippen MR) is 79.6 cm³/mol. The first kappa shape index (κ1) is 12.2.